The SMILES string of the molecule is C=CCO/N=C/C(=C\c1cccc(Cl)c1Cl)C1(C)OCCO1. The molecule has 6 heteroatoms. The van der Waals surface area contributed by atoms with Crippen LogP contribution in [0.3, 0.4) is 0 Å². The zero-order valence-electron chi connectivity index (χ0n) is 12.2. The second kappa shape index (κ2) is 7.79. The molecule has 1 aliphatic heterocycles. The third-order valence-electron chi connectivity index (χ3n) is 3.11. The Labute approximate surface area is 139 Å². The van der Waals surface area contributed by atoms with Crippen molar-refractivity contribution in [2.75, 3.05) is 19.8 Å². The standard InChI is InChI=1S/C16H17Cl2NO3/c1-3-7-22-19-11-13(16(2)20-8-9-21-16)10-12-5-4-6-14(17)15(12)18/h3-6,10-11H,1,7-9H2,2H3/b13-10+,19-11+. The lowest BCUT2D eigenvalue weighted by Crippen LogP contribution is -2.29. The number of hydrogen-bond donors (Lipinski definition) is 0. The van der Waals surface area contributed by atoms with E-state index in [1.165, 1.54) is 0 Å². The van der Waals surface area contributed by atoms with Crippen LogP contribution in [0, 0.1) is 0 Å². The molecule has 22 heavy (non-hydrogen) atoms. The first-order chi connectivity index (χ1) is 10.6. The Hall–Kier alpha value is -1.33. The third-order valence-corrected chi connectivity index (χ3v) is 3.95. The first-order valence-electron chi connectivity index (χ1n) is 6.77. The highest BCUT2D eigenvalue weighted by Gasteiger charge is 2.34. The van der Waals surface area contributed by atoms with Gasteiger partial charge in [0, 0.05) is 5.57 Å². The molecule has 0 spiro atoms. The molecule has 1 aliphatic rings. The van der Waals surface area contributed by atoms with Crippen molar-refractivity contribution in [2.24, 2.45) is 5.16 Å². The van der Waals surface area contributed by atoms with E-state index in [1.54, 1.807) is 18.4 Å². The van der Waals surface area contributed by atoms with Gasteiger partial charge in [-0.2, -0.15) is 0 Å². The largest absolute Gasteiger partial charge is 0.392 e. The van der Waals surface area contributed by atoms with E-state index in [2.05, 4.69) is 11.7 Å². The van der Waals surface area contributed by atoms with Gasteiger partial charge in [0.2, 0.25) is 0 Å². The summed E-state index contributed by atoms with van der Waals surface area (Å²) in [5.74, 6) is -0.896. The molecule has 1 fully saturated rings. The fourth-order valence-electron chi connectivity index (χ4n) is 1.96. The molecule has 4 nitrogen and oxygen atoms in total. The highest BCUT2D eigenvalue weighted by Crippen LogP contribution is 2.32. The van der Waals surface area contributed by atoms with E-state index in [4.69, 9.17) is 37.5 Å². The first-order valence-corrected chi connectivity index (χ1v) is 7.53. The number of oxime groups is 1. The predicted molar refractivity (Wildman–Crippen MR) is 89.4 cm³/mol. The summed E-state index contributed by atoms with van der Waals surface area (Å²) in [5.41, 5.74) is 1.43. The summed E-state index contributed by atoms with van der Waals surface area (Å²) in [6, 6.07) is 5.40. The van der Waals surface area contributed by atoms with Crippen molar-refractivity contribution in [3.05, 3.63) is 52.0 Å². The van der Waals surface area contributed by atoms with Crippen molar-refractivity contribution in [2.45, 2.75) is 12.7 Å². The fraction of sp³-hybridized carbons (Fsp3) is 0.312. The molecule has 1 aromatic rings. The van der Waals surface area contributed by atoms with E-state index in [9.17, 15) is 0 Å². The van der Waals surface area contributed by atoms with Crippen LogP contribution in [-0.2, 0) is 14.3 Å². The molecule has 0 aromatic heterocycles. The Morgan fingerprint density at radius 1 is 1.41 bits per heavy atom. The third kappa shape index (κ3) is 4.11. The highest BCUT2D eigenvalue weighted by atomic mass is 35.5. The van der Waals surface area contributed by atoms with Gasteiger partial charge in [0.1, 0.15) is 6.61 Å². The summed E-state index contributed by atoms with van der Waals surface area (Å²) in [7, 11) is 0. The molecule has 0 N–H and O–H groups in total. The summed E-state index contributed by atoms with van der Waals surface area (Å²) >= 11 is 12.3. The Balaban J connectivity index is 2.34. The normalized spacial score (nSPS) is 17.9. The van der Waals surface area contributed by atoms with Gasteiger partial charge in [0.25, 0.3) is 0 Å². The Kier molecular flexibility index (Phi) is 6.03. The second-order valence-corrected chi connectivity index (χ2v) is 5.49. The van der Waals surface area contributed by atoms with Crippen molar-refractivity contribution < 1.29 is 14.3 Å². The summed E-state index contributed by atoms with van der Waals surface area (Å²) < 4.78 is 11.3. The van der Waals surface area contributed by atoms with Gasteiger partial charge in [-0.15, -0.1) is 0 Å². The average molecular weight is 342 g/mol. The number of halogens is 2. The second-order valence-electron chi connectivity index (χ2n) is 4.70. The van der Waals surface area contributed by atoms with Crippen molar-refractivity contribution in [1.82, 2.24) is 0 Å². The van der Waals surface area contributed by atoms with Gasteiger partial charge in [-0.1, -0.05) is 53.1 Å². The van der Waals surface area contributed by atoms with E-state index in [0.29, 0.717) is 35.4 Å². The molecule has 2 rings (SSSR count). The number of nitrogens with zero attached hydrogens (tertiary/aromatic N) is 1. The van der Waals surface area contributed by atoms with Crippen LogP contribution in [0.15, 0.2) is 41.6 Å². The van der Waals surface area contributed by atoms with Crippen molar-refractivity contribution in [3.8, 4) is 0 Å². The van der Waals surface area contributed by atoms with Gasteiger partial charge in [-0.25, -0.2) is 0 Å². The molecule has 0 saturated carbocycles. The van der Waals surface area contributed by atoms with Crippen molar-refractivity contribution in [3.63, 3.8) is 0 Å². The van der Waals surface area contributed by atoms with Crippen LogP contribution in [0.2, 0.25) is 10.0 Å². The highest BCUT2D eigenvalue weighted by molar-refractivity contribution is 6.42. The molecule has 0 unspecified atom stereocenters. The number of rotatable bonds is 6. The Morgan fingerprint density at radius 2 is 2.14 bits per heavy atom. The maximum Gasteiger partial charge on any atom is 0.193 e. The topological polar surface area (TPSA) is 40.0 Å². The number of ether oxygens (including phenoxy) is 2. The van der Waals surface area contributed by atoms with Gasteiger partial charge in [-0.05, 0) is 24.6 Å². The summed E-state index contributed by atoms with van der Waals surface area (Å²) in [6.07, 6.45) is 4.98. The van der Waals surface area contributed by atoms with Crippen LogP contribution in [0.1, 0.15) is 12.5 Å². The molecule has 0 atom stereocenters. The first kappa shape index (κ1) is 17.0. The molecule has 1 heterocycles. The Morgan fingerprint density at radius 3 is 2.82 bits per heavy atom. The van der Waals surface area contributed by atoms with E-state index in [1.807, 2.05) is 25.1 Å². The molecule has 0 radical (unpaired) electrons. The minimum atomic E-state index is -0.896. The molecule has 0 bridgehead atoms. The van der Waals surface area contributed by atoms with Crippen LogP contribution >= 0.6 is 23.2 Å². The number of hydrogen-bond acceptors (Lipinski definition) is 4. The van der Waals surface area contributed by atoms with E-state index in [-0.39, 0.29) is 0 Å². The average Bonchev–Trinajstić information content (AvgIpc) is 2.94. The minimum absolute atomic E-state index is 0.320. The van der Waals surface area contributed by atoms with Crippen LogP contribution in [0.25, 0.3) is 6.08 Å². The van der Waals surface area contributed by atoms with Gasteiger partial charge in [-0.3, -0.25) is 0 Å². The van der Waals surface area contributed by atoms with E-state index < -0.39 is 5.79 Å². The molecule has 1 saturated heterocycles. The lowest BCUT2D eigenvalue weighted by atomic mass is 10.0. The minimum Gasteiger partial charge on any atom is -0.392 e. The molecular weight excluding hydrogens is 325 g/mol. The van der Waals surface area contributed by atoms with Gasteiger partial charge >= 0.3 is 0 Å². The van der Waals surface area contributed by atoms with E-state index >= 15 is 0 Å². The zero-order valence-corrected chi connectivity index (χ0v) is 13.7. The maximum absolute atomic E-state index is 6.23. The monoisotopic (exact) mass is 341 g/mol. The predicted octanol–water partition coefficient (Wildman–Crippen LogP) is 4.33. The lowest BCUT2D eigenvalue weighted by Gasteiger charge is -2.23. The van der Waals surface area contributed by atoms with Crippen molar-refractivity contribution >= 4 is 35.5 Å². The smallest absolute Gasteiger partial charge is 0.193 e. The van der Waals surface area contributed by atoms with Gasteiger partial charge < -0.3 is 14.3 Å². The quantitative estimate of drug-likeness (QED) is 0.334. The lowest BCUT2D eigenvalue weighted by molar-refractivity contribution is -0.104. The van der Waals surface area contributed by atoms with Crippen molar-refractivity contribution in [1.29, 1.82) is 0 Å². The Bertz CT molecular complexity index is 593. The fourth-order valence-corrected chi connectivity index (χ4v) is 2.32. The van der Waals surface area contributed by atoms with Crippen LogP contribution in [0.5, 0.6) is 0 Å². The summed E-state index contributed by atoms with van der Waals surface area (Å²) in [4.78, 5) is 5.05. The molecule has 118 valence electrons. The number of benzene rings is 1. The molecule has 1 aromatic carbocycles. The van der Waals surface area contributed by atoms with E-state index in [0.717, 1.165) is 5.56 Å². The maximum atomic E-state index is 6.23. The van der Waals surface area contributed by atoms with Gasteiger partial charge in [0.15, 0.2) is 5.79 Å². The molecule has 0 aliphatic carbocycles. The van der Waals surface area contributed by atoms with Crippen LogP contribution < -0.4 is 0 Å². The summed E-state index contributed by atoms with van der Waals surface area (Å²) in [6.45, 7) is 6.73. The zero-order chi connectivity index (χ0) is 16.0. The van der Waals surface area contributed by atoms with Gasteiger partial charge in [0.05, 0.1) is 29.5 Å². The van der Waals surface area contributed by atoms with Crippen LogP contribution in [-0.4, -0.2) is 31.8 Å². The summed E-state index contributed by atoms with van der Waals surface area (Å²) in [5, 5.41) is 4.84. The molecular formula is C16H17Cl2NO3. The van der Waals surface area contributed by atoms with Crippen LogP contribution in [0.4, 0.5) is 0 Å². The molecule has 0 amide bonds.